The van der Waals surface area contributed by atoms with Gasteiger partial charge in [-0.3, -0.25) is 0 Å². The summed E-state index contributed by atoms with van der Waals surface area (Å²) in [5.41, 5.74) is 4.26. The predicted molar refractivity (Wildman–Crippen MR) is 89.8 cm³/mol. The van der Waals surface area contributed by atoms with Crippen LogP contribution in [-0.4, -0.2) is 27.5 Å². The molecule has 0 spiro atoms. The number of aromatic nitrogens is 1. The van der Waals surface area contributed by atoms with Crippen molar-refractivity contribution in [2.75, 3.05) is 0 Å². The molecular formula is C18H19AlNO. The second kappa shape index (κ2) is 7.83. The summed E-state index contributed by atoms with van der Waals surface area (Å²) in [5.74, 6) is 0.246. The molecule has 21 heavy (non-hydrogen) atoms. The van der Waals surface area contributed by atoms with Gasteiger partial charge in [0.15, 0.2) is 0 Å². The Morgan fingerprint density at radius 1 is 0.762 bits per heavy atom. The van der Waals surface area contributed by atoms with Gasteiger partial charge in [-0.2, -0.15) is 0 Å². The first-order valence-corrected chi connectivity index (χ1v) is 6.65. The molecule has 0 saturated carbocycles. The van der Waals surface area contributed by atoms with E-state index in [2.05, 4.69) is 43.1 Å². The van der Waals surface area contributed by atoms with Crippen LogP contribution in [0.2, 0.25) is 0 Å². The Bertz CT molecular complexity index is 687. The minimum atomic E-state index is 0. The van der Waals surface area contributed by atoms with Crippen molar-refractivity contribution in [2.24, 2.45) is 0 Å². The van der Waals surface area contributed by atoms with Gasteiger partial charge < -0.3 is 5.11 Å². The Morgan fingerprint density at radius 2 is 1.33 bits per heavy atom. The van der Waals surface area contributed by atoms with Crippen LogP contribution >= 0.6 is 0 Å². The van der Waals surface area contributed by atoms with E-state index in [0.717, 1.165) is 11.1 Å². The lowest BCUT2D eigenvalue weighted by atomic mass is 10.2. The molecule has 2 aromatic carbocycles. The topological polar surface area (TPSA) is 33.1 Å². The van der Waals surface area contributed by atoms with Crippen molar-refractivity contribution in [3.63, 3.8) is 0 Å². The number of aryl methyl sites for hydroxylation is 3. The van der Waals surface area contributed by atoms with Crippen LogP contribution in [0.15, 0.2) is 54.6 Å². The summed E-state index contributed by atoms with van der Waals surface area (Å²) >= 11 is 0. The van der Waals surface area contributed by atoms with E-state index in [9.17, 15) is 5.11 Å². The zero-order valence-electron chi connectivity index (χ0n) is 12.7. The van der Waals surface area contributed by atoms with Gasteiger partial charge in [0.1, 0.15) is 11.3 Å². The van der Waals surface area contributed by atoms with E-state index in [1.807, 2.05) is 31.2 Å². The number of phenols is 1. The second-order valence-corrected chi connectivity index (χ2v) is 4.96. The highest BCUT2D eigenvalue weighted by Crippen LogP contribution is 2.21. The molecule has 0 fully saturated rings. The fourth-order valence-electron chi connectivity index (χ4n) is 1.87. The number of rotatable bonds is 0. The number of pyridine rings is 1. The van der Waals surface area contributed by atoms with Gasteiger partial charge in [0.25, 0.3) is 0 Å². The van der Waals surface area contributed by atoms with E-state index in [-0.39, 0.29) is 23.1 Å². The van der Waals surface area contributed by atoms with Crippen molar-refractivity contribution in [1.82, 2.24) is 4.98 Å². The first-order chi connectivity index (χ1) is 9.56. The first kappa shape index (κ1) is 17.2. The Morgan fingerprint density at radius 3 is 1.90 bits per heavy atom. The van der Waals surface area contributed by atoms with Crippen LogP contribution in [0.3, 0.4) is 0 Å². The molecule has 0 aliphatic carbocycles. The molecule has 0 saturated heterocycles. The highest BCUT2D eigenvalue weighted by atomic mass is 27.0. The van der Waals surface area contributed by atoms with E-state index >= 15 is 0 Å². The zero-order valence-corrected chi connectivity index (χ0v) is 13.8. The number of phenolic OH excluding ortho intramolecular Hbond substituents is 1. The Balaban J connectivity index is 0.000000216. The van der Waals surface area contributed by atoms with E-state index < -0.39 is 0 Å². The lowest BCUT2D eigenvalue weighted by molar-refractivity contribution is 0.480. The van der Waals surface area contributed by atoms with Crippen LogP contribution in [0.25, 0.3) is 10.9 Å². The smallest absolute Gasteiger partial charge is 0.141 e. The molecule has 3 radical (unpaired) electrons. The molecule has 1 aromatic heterocycles. The summed E-state index contributed by atoms with van der Waals surface area (Å²) in [7, 11) is 0. The third kappa shape index (κ3) is 4.90. The van der Waals surface area contributed by atoms with Crippen LogP contribution in [0, 0.1) is 20.8 Å². The number of benzene rings is 2. The summed E-state index contributed by atoms with van der Waals surface area (Å²) in [4.78, 5) is 4.23. The van der Waals surface area contributed by atoms with Crippen molar-refractivity contribution in [3.8, 4) is 5.75 Å². The molecule has 0 atom stereocenters. The fraction of sp³-hybridized carbons (Fsp3) is 0.167. The molecule has 0 bridgehead atoms. The van der Waals surface area contributed by atoms with Crippen molar-refractivity contribution in [1.29, 1.82) is 0 Å². The number of aromatic hydroxyl groups is 1. The van der Waals surface area contributed by atoms with Crippen LogP contribution < -0.4 is 0 Å². The maximum absolute atomic E-state index is 9.43. The average Bonchev–Trinajstić information content (AvgIpc) is 2.44. The van der Waals surface area contributed by atoms with Gasteiger partial charge in [0.05, 0.1) is 0 Å². The number of nitrogens with zero attached hydrogens (tertiary/aromatic N) is 1. The predicted octanol–water partition coefficient (Wildman–Crippen LogP) is 4.17. The molecule has 0 aliphatic rings. The molecule has 0 aliphatic heterocycles. The quantitative estimate of drug-likeness (QED) is 0.631. The monoisotopic (exact) mass is 292 g/mol. The maximum atomic E-state index is 9.43. The van der Waals surface area contributed by atoms with Crippen LogP contribution in [0.5, 0.6) is 5.75 Å². The number of hydrogen-bond acceptors (Lipinski definition) is 2. The minimum absolute atomic E-state index is 0. The van der Waals surface area contributed by atoms with E-state index in [4.69, 9.17) is 0 Å². The molecule has 3 rings (SSSR count). The van der Waals surface area contributed by atoms with Gasteiger partial charge in [-0.1, -0.05) is 53.6 Å². The van der Waals surface area contributed by atoms with Gasteiger partial charge in [-0.15, -0.1) is 0 Å². The normalized spacial score (nSPS) is 9.48. The number of hydrogen-bond donors (Lipinski definition) is 1. The number of para-hydroxylation sites is 1. The van der Waals surface area contributed by atoms with Crippen molar-refractivity contribution >= 4 is 28.3 Å². The first-order valence-electron chi connectivity index (χ1n) is 6.65. The zero-order chi connectivity index (χ0) is 14.5. The molecule has 105 valence electrons. The molecule has 2 nitrogen and oxygen atoms in total. The standard InChI is InChI=1S/C10H9NO.C8H10.Al/c1-7-5-6-8-3-2-4-9(12)10(8)11-7;1-7-3-5-8(2)6-4-7;/h2-6,12H,1H3;3-6H,1-2H3;. The van der Waals surface area contributed by atoms with Gasteiger partial charge in [0, 0.05) is 28.4 Å². The average molecular weight is 292 g/mol. The van der Waals surface area contributed by atoms with E-state index in [1.165, 1.54) is 11.1 Å². The van der Waals surface area contributed by atoms with Crippen LogP contribution in [0.1, 0.15) is 16.8 Å². The third-order valence-electron chi connectivity index (χ3n) is 3.06. The minimum Gasteiger partial charge on any atom is -0.506 e. The highest BCUT2D eigenvalue weighted by molar-refractivity contribution is 5.84. The number of fused-ring (bicyclic) bond motifs is 1. The summed E-state index contributed by atoms with van der Waals surface area (Å²) in [6.07, 6.45) is 0. The molecule has 3 aromatic rings. The Hall–Kier alpha value is -1.82. The third-order valence-corrected chi connectivity index (χ3v) is 3.06. The van der Waals surface area contributed by atoms with Gasteiger partial charge in [-0.05, 0) is 32.9 Å². The van der Waals surface area contributed by atoms with Gasteiger partial charge in [-0.25, -0.2) is 4.98 Å². The molecule has 1 N–H and O–H groups in total. The SMILES string of the molecule is Cc1ccc(C)cc1.Cc1ccc2cccc(O)c2n1.[Al]. The Kier molecular flexibility index (Phi) is 6.43. The molecular weight excluding hydrogens is 273 g/mol. The summed E-state index contributed by atoms with van der Waals surface area (Å²) < 4.78 is 0. The van der Waals surface area contributed by atoms with Crippen LogP contribution in [0.4, 0.5) is 0 Å². The highest BCUT2D eigenvalue weighted by Gasteiger charge is 1.98. The van der Waals surface area contributed by atoms with Crippen LogP contribution in [-0.2, 0) is 0 Å². The largest absolute Gasteiger partial charge is 0.506 e. The van der Waals surface area contributed by atoms with Gasteiger partial charge >= 0.3 is 0 Å². The summed E-state index contributed by atoms with van der Waals surface area (Å²) in [6.45, 7) is 6.10. The molecule has 1 heterocycles. The lowest BCUT2D eigenvalue weighted by Gasteiger charge is -1.99. The summed E-state index contributed by atoms with van der Waals surface area (Å²) in [6, 6.07) is 17.8. The summed E-state index contributed by atoms with van der Waals surface area (Å²) in [5, 5.41) is 10.4. The van der Waals surface area contributed by atoms with Crippen molar-refractivity contribution < 1.29 is 5.11 Å². The lowest BCUT2D eigenvalue weighted by Crippen LogP contribution is -1.82. The van der Waals surface area contributed by atoms with E-state index in [0.29, 0.717) is 5.52 Å². The molecule has 0 amide bonds. The molecule has 3 heteroatoms. The molecule has 0 unspecified atom stereocenters. The fourth-order valence-corrected chi connectivity index (χ4v) is 1.87. The second-order valence-electron chi connectivity index (χ2n) is 4.96. The van der Waals surface area contributed by atoms with Crippen molar-refractivity contribution in [2.45, 2.75) is 20.8 Å². The Labute approximate surface area is 136 Å². The van der Waals surface area contributed by atoms with Crippen molar-refractivity contribution in [3.05, 3.63) is 71.4 Å². The maximum Gasteiger partial charge on any atom is 0.141 e. The van der Waals surface area contributed by atoms with E-state index in [1.54, 1.807) is 6.07 Å². The van der Waals surface area contributed by atoms with Gasteiger partial charge in [0.2, 0.25) is 0 Å².